The molecule has 0 unspecified atom stereocenters. The fourth-order valence-corrected chi connectivity index (χ4v) is 5.78. The quantitative estimate of drug-likeness (QED) is 0.331. The Balaban J connectivity index is 1.41. The van der Waals surface area contributed by atoms with E-state index in [1.807, 2.05) is 24.0 Å². The standard InChI is InChI=1S/C29H30ClN3O3/c1-4-35-20-12-25(33(14-20)27(34)9-16(2)3)29-31-24-8-5-17-11-23-21-7-6-19(30)10-18(21)15-36-26(23)13-22(17)28(24)32-29/h5-8,10-11,13,16,20,25H,4,9,12,14-15H2,1-3H3,(H,31,32)/t20-,25-/m0/s1. The van der Waals surface area contributed by atoms with Crippen LogP contribution in [0.5, 0.6) is 5.75 Å². The molecule has 0 bridgehead atoms. The van der Waals surface area contributed by atoms with Gasteiger partial charge in [0.15, 0.2) is 0 Å². The van der Waals surface area contributed by atoms with Crippen LogP contribution in [-0.4, -0.2) is 40.0 Å². The Morgan fingerprint density at radius 2 is 2.08 bits per heavy atom. The number of likely N-dealkylation sites (tertiary alicyclic amines) is 1. The Morgan fingerprint density at radius 3 is 2.89 bits per heavy atom. The smallest absolute Gasteiger partial charge is 0.223 e. The maximum Gasteiger partial charge on any atom is 0.223 e. The number of fused-ring (bicyclic) bond motifs is 6. The molecule has 1 amide bonds. The van der Waals surface area contributed by atoms with Crippen molar-refractivity contribution in [2.75, 3.05) is 13.2 Å². The number of rotatable bonds is 5. The molecule has 7 heteroatoms. The summed E-state index contributed by atoms with van der Waals surface area (Å²) < 4.78 is 12.1. The van der Waals surface area contributed by atoms with Crippen LogP contribution < -0.4 is 4.74 Å². The molecule has 0 saturated carbocycles. The fraction of sp³-hybridized carbons (Fsp3) is 0.379. The number of aromatic nitrogens is 2. The minimum absolute atomic E-state index is 0.0232. The molecule has 186 valence electrons. The van der Waals surface area contributed by atoms with Crippen molar-refractivity contribution in [1.82, 2.24) is 14.9 Å². The van der Waals surface area contributed by atoms with E-state index < -0.39 is 0 Å². The summed E-state index contributed by atoms with van der Waals surface area (Å²) in [5.41, 5.74) is 5.16. The first-order valence-electron chi connectivity index (χ1n) is 12.7. The number of benzene rings is 3. The van der Waals surface area contributed by atoms with E-state index in [4.69, 9.17) is 26.1 Å². The molecule has 0 radical (unpaired) electrons. The minimum atomic E-state index is -0.124. The van der Waals surface area contributed by atoms with E-state index in [1.165, 1.54) is 0 Å². The molecule has 36 heavy (non-hydrogen) atoms. The summed E-state index contributed by atoms with van der Waals surface area (Å²) in [7, 11) is 0. The Hall–Kier alpha value is -3.09. The van der Waals surface area contributed by atoms with E-state index in [2.05, 4.69) is 49.2 Å². The summed E-state index contributed by atoms with van der Waals surface area (Å²) in [5.74, 6) is 2.12. The number of hydrogen-bond acceptors (Lipinski definition) is 4. The molecule has 6 nitrogen and oxygen atoms in total. The molecule has 1 saturated heterocycles. The maximum absolute atomic E-state index is 13.1. The summed E-state index contributed by atoms with van der Waals surface area (Å²) in [6.07, 6.45) is 1.29. The van der Waals surface area contributed by atoms with Crippen LogP contribution in [0.2, 0.25) is 5.02 Å². The number of ether oxygens (including phenoxy) is 2. The number of amides is 1. The lowest BCUT2D eigenvalue weighted by atomic mass is 9.94. The summed E-state index contributed by atoms with van der Waals surface area (Å²) in [6, 6.07) is 14.3. The van der Waals surface area contributed by atoms with Gasteiger partial charge in [0.1, 0.15) is 18.2 Å². The number of nitrogens with zero attached hydrogens (tertiary/aromatic N) is 2. The molecule has 2 aliphatic rings. The highest BCUT2D eigenvalue weighted by Gasteiger charge is 2.38. The first kappa shape index (κ1) is 23.3. The highest BCUT2D eigenvalue weighted by atomic mass is 35.5. The summed E-state index contributed by atoms with van der Waals surface area (Å²) >= 11 is 6.20. The van der Waals surface area contributed by atoms with Crippen molar-refractivity contribution in [3.63, 3.8) is 0 Å². The minimum Gasteiger partial charge on any atom is -0.488 e. The molecular weight excluding hydrogens is 474 g/mol. The van der Waals surface area contributed by atoms with Crippen LogP contribution >= 0.6 is 11.6 Å². The highest BCUT2D eigenvalue weighted by molar-refractivity contribution is 6.30. The second kappa shape index (κ2) is 9.09. The average molecular weight is 504 g/mol. The van der Waals surface area contributed by atoms with Crippen molar-refractivity contribution in [2.45, 2.75) is 52.4 Å². The topological polar surface area (TPSA) is 67.5 Å². The number of aromatic amines is 1. The lowest BCUT2D eigenvalue weighted by Crippen LogP contribution is -2.33. The SMILES string of the molecule is CCO[C@H]1C[C@@H](c2nc3c(ccc4cc5c(cc43)OCc3cc(Cl)ccc3-5)[nH]2)N(C(=O)CC(C)C)C1. The molecular formula is C29H30ClN3O3. The van der Waals surface area contributed by atoms with E-state index in [-0.39, 0.29) is 18.1 Å². The van der Waals surface area contributed by atoms with Gasteiger partial charge in [-0.05, 0) is 59.7 Å². The Morgan fingerprint density at radius 1 is 1.22 bits per heavy atom. The van der Waals surface area contributed by atoms with Crippen molar-refractivity contribution in [1.29, 1.82) is 0 Å². The van der Waals surface area contributed by atoms with Gasteiger partial charge in [0, 0.05) is 42.0 Å². The van der Waals surface area contributed by atoms with E-state index in [1.54, 1.807) is 0 Å². The van der Waals surface area contributed by atoms with Crippen LogP contribution in [0.3, 0.4) is 0 Å². The fourth-order valence-electron chi connectivity index (χ4n) is 5.59. The first-order chi connectivity index (χ1) is 17.4. The molecule has 1 fully saturated rings. The third-order valence-electron chi connectivity index (χ3n) is 7.21. The van der Waals surface area contributed by atoms with E-state index in [0.717, 1.165) is 56.5 Å². The Kier molecular flexibility index (Phi) is 5.89. The average Bonchev–Trinajstić information content (AvgIpc) is 3.47. The van der Waals surface area contributed by atoms with Gasteiger partial charge in [0.25, 0.3) is 0 Å². The predicted octanol–water partition coefficient (Wildman–Crippen LogP) is 6.65. The summed E-state index contributed by atoms with van der Waals surface area (Å²) in [4.78, 5) is 23.6. The van der Waals surface area contributed by atoms with Gasteiger partial charge in [-0.1, -0.05) is 37.6 Å². The van der Waals surface area contributed by atoms with E-state index in [0.29, 0.717) is 37.1 Å². The van der Waals surface area contributed by atoms with Crippen LogP contribution in [0.1, 0.15) is 51.0 Å². The van der Waals surface area contributed by atoms with Gasteiger partial charge in [0.05, 0.1) is 23.2 Å². The number of carbonyl (C=O) groups is 1. The van der Waals surface area contributed by atoms with Gasteiger partial charge in [-0.2, -0.15) is 0 Å². The molecule has 0 spiro atoms. The maximum atomic E-state index is 13.1. The normalized spacial score (nSPS) is 19.1. The number of carbonyl (C=O) groups excluding carboxylic acids is 1. The number of H-pyrrole nitrogens is 1. The molecule has 2 aliphatic heterocycles. The molecule has 4 aromatic rings. The molecule has 6 rings (SSSR count). The molecule has 1 aromatic heterocycles. The van der Waals surface area contributed by atoms with Crippen LogP contribution in [0.25, 0.3) is 32.9 Å². The Labute approximate surface area is 215 Å². The zero-order chi connectivity index (χ0) is 25.0. The van der Waals surface area contributed by atoms with Gasteiger partial charge in [-0.25, -0.2) is 4.98 Å². The zero-order valence-electron chi connectivity index (χ0n) is 20.8. The highest BCUT2D eigenvalue weighted by Crippen LogP contribution is 2.42. The van der Waals surface area contributed by atoms with Gasteiger partial charge >= 0.3 is 0 Å². The van der Waals surface area contributed by atoms with Crippen LogP contribution in [0, 0.1) is 5.92 Å². The third-order valence-corrected chi connectivity index (χ3v) is 7.45. The molecule has 0 aliphatic carbocycles. The molecule has 3 heterocycles. The number of halogens is 1. The zero-order valence-corrected chi connectivity index (χ0v) is 21.6. The number of nitrogens with one attached hydrogen (secondary N) is 1. The van der Waals surface area contributed by atoms with Crippen molar-refractivity contribution in [2.24, 2.45) is 5.92 Å². The van der Waals surface area contributed by atoms with Crippen LogP contribution in [0.4, 0.5) is 0 Å². The van der Waals surface area contributed by atoms with Gasteiger partial charge in [-0.3, -0.25) is 4.79 Å². The number of imidazole rings is 1. The van der Waals surface area contributed by atoms with Crippen molar-refractivity contribution in [3.8, 4) is 16.9 Å². The monoisotopic (exact) mass is 503 g/mol. The van der Waals surface area contributed by atoms with Crippen molar-refractivity contribution < 1.29 is 14.3 Å². The second-order valence-electron chi connectivity index (χ2n) is 10.2. The van der Waals surface area contributed by atoms with Gasteiger partial charge in [-0.15, -0.1) is 0 Å². The first-order valence-corrected chi connectivity index (χ1v) is 13.1. The lowest BCUT2D eigenvalue weighted by Gasteiger charge is -2.23. The van der Waals surface area contributed by atoms with Gasteiger partial charge in [0.2, 0.25) is 5.91 Å². The third kappa shape index (κ3) is 4.02. The molecule has 2 atom stereocenters. The summed E-state index contributed by atoms with van der Waals surface area (Å²) in [5, 5.41) is 2.84. The molecule has 3 aromatic carbocycles. The Bertz CT molecular complexity index is 1480. The van der Waals surface area contributed by atoms with E-state index in [9.17, 15) is 4.79 Å². The molecule has 1 N–H and O–H groups in total. The van der Waals surface area contributed by atoms with Crippen LogP contribution in [0.15, 0.2) is 42.5 Å². The number of hydrogen-bond donors (Lipinski definition) is 1. The van der Waals surface area contributed by atoms with Crippen molar-refractivity contribution in [3.05, 3.63) is 58.9 Å². The van der Waals surface area contributed by atoms with E-state index >= 15 is 0 Å². The second-order valence-corrected chi connectivity index (χ2v) is 10.7. The largest absolute Gasteiger partial charge is 0.488 e. The lowest BCUT2D eigenvalue weighted by molar-refractivity contribution is -0.133. The van der Waals surface area contributed by atoms with Crippen LogP contribution in [-0.2, 0) is 16.1 Å². The van der Waals surface area contributed by atoms with Gasteiger partial charge < -0.3 is 19.4 Å². The predicted molar refractivity (Wildman–Crippen MR) is 142 cm³/mol. The summed E-state index contributed by atoms with van der Waals surface area (Å²) in [6.45, 7) is 7.88. The van der Waals surface area contributed by atoms with Crippen molar-refractivity contribution >= 4 is 39.3 Å².